The molecular weight excluding hydrogens is 484 g/mol. The van der Waals surface area contributed by atoms with Gasteiger partial charge in [-0.15, -0.1) is 11.8 Å². The van der Waals surface area contributed by atoms with E-state index in [1.54, 1.807) is 11.9 Å². The quantitative estimate of drug-likeness (QED) is 0.222. The lowest BCUT2D eigenvalue weighted by Gasteiger charge is -2.47. The van der Waals surface area contributed by atoms with Gasteiger partial charge in [0, 0.05) is 54.2 Å². The number of likely N-dealkylation sites (N-methyl/N-ethyl adjacent to an activating group) is 1. The van der Waals surface area contributed by atoms with Gasteiger partial charge in [-0.1, -0.05) is 13.8 Å². The van der Waals surface area contributed by atoms with Crippen LogP contribution in [-0.4, -0.2) is 101 Å². The highest BCUT2D eigenvalue weighted by atomic mass is 32.2. The van der Waals surface area contributed by atoms with Crippen molar-refractivity contribution in [2.24, 2.45) is 29.2 Å². The third-order valence-electron chi connectivity index (χ3n) is 8.01. The smallest absolute Gasteiger partial charge is 0.353 e. The van der Waals surface area contributed by atoms with Crippen LogP contribution in [0.4, 0.5) is 0 Å². The minimum Gasteiger partial charge on any atom is -0.477 e. The highest BCUT2D eigenvalue weighted by Crippen LogP contribution is 2.53. The molecule has 4 aliphatic rings. The molecule has 7 N–H and O–H groups in total. The summed E-state index contributed by atoms with van der Waals surface area (Å²) in [7, 11) is 1.71. The summed E-state index contributed by atoms with van der Waals surface area (Å²) in [6, 6.07) is -0.739. The number of likely N-dealkylation sites (tertiary alicyclic amines) is 1. The van der Waals surface area contributed by atoms with Crippen LogP contribution in [0.1, 0.15) is 33.1 Å². The Morgan fingerprint density at radius 3 is 2.67 bits per heavy atom. The molecule has 4 aliphatic heterocycles. The summed E-state index contributed by atoms with van der Waals surface area (Å²) in [5.41, 5.74) is 11.9. The number of fused-ring (bicyclic) bond motifs is 1. The topological polar surface area (TPSA) is 171 Å². The Kier molecular flexibility index (Phi) is 8.10. The second-order valence-corrected chi connectivity index (χ2v) is 11.9. The molecule has 2 amide bonds. The number of carboxylic acid groups (broad SMARTS) is 1. The average molecular weight is 523 g/mol. The number of thioether (sulfide) groups is 1. The van der Waals surface area contributed by atoms with E-state index in [0.717, 1.165) is 0 Å². The van der Waals surface area contributed by atoms with Crippen LogP contribution in [0.2, 0.25) is 0 Å². The fourth-order valence-electron chi connectivity index (χ4n) is 6.33. The van der Waals surface area contributed by atoms with Crippen LogP contribution in [0.3, 0.4) is 0 Å². The number of ketones is 1. The zero-order valence-corrected chi connectivity index (χ0v) is 21.9. The number of amides is 2. The number of carbonyl (C=O) groups is 4. The maximum absolute atomic E-state index is 13.1. The highest BCUT2D eigenvalue weighted by molar-refractivity contribution is 8.03. The van der Waals surface area contributed by atoms with Crippen LogP contribution >= 0.6 is 11.8 Å². The van der Waals surface area contributed by atoms with E-state index in [1.807, 2.05) is 13.8 Å². The number of aliphatic carboxylic acids is 1. The van der Waals surface area contributed by atoms with Gasteiger partial charge in [0.1, 0.15) is 11.5 Å². The number of hydrogen-bond acceptors (Lipinski definition) is 9. The number of rotatable bonds is 10. The number of nitrogens with two attached hydrogens (primary N) is 2. The lowest BCUT2D eigenvalue weighted by molar-refractivity contribution is -0.160. The van der Waals surface area contributed by atoms with Crippen molar-refractivity contribution < 1.29 is 24.3 Å². The standard InChI is InChI=1S/C24H38N6O5S/c1-11(4-15(31)8-27-3)18-19-12(2)21(20(24(34)35)30(19)23(18)33)36-16-6-17(28-9-16)22(32)29-10-13(26)5-14(29)7-25/h11-14,16-19,27-28H,4-10,25-26H2,1-3H3,(H,34,35)/t11-,12+,13-,14-,16-,17-,18+,19+/m0/s1. The molecule has 4 rings (SSSR count). The molecule has 0 spiro atoms. The van der Waals surface area contributed by atoms with Gasteiger partial charge in [-0.2, -0.15) is 0 Å². The Labute approximate surface area is 215 Å². The molecule has 11 nitrogen and oxygen atoms in total. The van der Waals surface area contributed by atoms with Crippen molar-refractivity contribution >= 4 is 35.3 Å². The minimum atomic E-state index is -1.12. The second-order valence-electron chi connectivity index (χ2n) is 10.6. The Balaban J connectivity index is 1.43. The maximum Gasteiger partial charge on any atom is 0.353 e. The zero-order chi connectivity index (χ0) is 26.3. The highest BCUT2D eigenvalue weighted by Gasteiger charge is 2.60. The number of carbonyl (C=O) groups excluding carboxylic acids is 3. The first-order chi connectivity index (χ1) is 17.1. The first kappa shape index (κ1) is 27.1. The van der Waals surface area contributed by atoms with Crippen molar-refractivity contribution in [3.8, 4) is 0 Å². The molecule has 0 aromatic rings. The van der Waals surface area contributed by atoms with Gasteiger partial charge in [0.25, 0.3) is 0 Å². The predicted octanol–water partition coefficient (Wildman–Crippen LogP) is -1.08. The molecule has 0 unspecified atom stereocenters. The van der Waals surface area contributed by atoms with Gasteiger partial charge in [0.2, 0.25) is 11.8 Å². The molecule has 0 aromatic carbocycles. The van der Waals surface area contributed by atoms with Gasteiger partial charge in [-0.25, -0.2) is 4.79 Å². The first-order valence-electron chi connectivity index (χ1n) is 12.7. The lowest BCUT2D eigenvalue weighted by Crippen LogP contribution is -2.62. The number of carboxylic acids is 1. The lowest BCUT2D eigenvalue weighted by atomic mass is 9.73. The van der Waals surface area contributed by atoms with E-state index in [-0.39, 0.29) is 83.4 Å². The summed E-state index contributed by atoms with van der Waals surface area (Å²) in [6.45, 7) is 5.54. The van der Waals surface area contributed by atoms with Crippen LogP contribution < -0.4 is 22.1 Å². The summed E-state index contributed by atoms with van der Waals surface area (Å²) in [5.74, 6) is -2.01. The van der Waals surface area contributed by atoms with E-state index in [0.29, 0.717) is 37.4 Å². The molecule has 0 saturated carbocycles. The van der Waals surface area contributed by atoms with Crippen LogP contribution in [0.15, 0.2) is 10.6 Å². The Hall–Kier alpha value is -1.99. The van der Waals surface area contributed by atoms with Gasteiger partial charge < -0.3 is 37.0 Å². The van der Waals surface area contributed by atoms with Crippen LogP contribution in [0.25, 0.3) is 0 Å². The van der Waals surface area contributed by atoms with Crippen molar-refractivity contribution in [3.63, 3.8) is 0 Å². The van der Waals surface area contributed by atoms with Gasteiger partial charge in [-0.3, -0.25) is 14.4 Å². The Morgan fingerprint density at radius 1 is 1.31 bits per heavy atom. The SMILES string of the molecule is CNCC(=O)C[C@H](C)[C@H]1C(=O)N2C(C(=O)O)=C(S[C@@H]3CN[C@H](C(=O)N4C[C@@H](N)C[C@H]4CN)C3)[C@H](C)[C@H]12. The normalized spacial score (nSPS) is 34.7. The molecule has 8 atom stereocenters. The van der Waals surface area contributed by atoms with Crippen molar-refractivity contribution in [1.29, 1.82) is 0 Å². The molecule has 200 valence electrons. The average Bonchev–Trinajstić information content (AvgIpc) is 3.49. The molecule has 3 saturated heterocycles. The molecule has 0 aliphatic carbocycles. The molecule has 0 aromatic heterocycles. The summed E-state index contributed by atoms with van der Waals surface area (Å²) in [6.07, 6.45) is 1.54. The Morgan fingerprint density at radius 2 is 2.03 bits per heavy atom. The van der Waals surface area contributed by atoms with Gasteiger partial charge >= 0.3 is 5.97 Å². The maximum atomic E-state index is 13.1. The fourth-order valence-corrected chi connectivity index (χ4v) is 7.81. The number of nitrogens with one attached hydrogen (secondary N) is 2. The Bertz CT molecular complexity index is 959. The number of nitrogens with zero attached hydrogens (tertiary/aromatic N) is 2. The van der Waals surface area contributed by atoms with E-state index in [1.165, 1.54) is 16.7 Å². The summed E-state index contributed by atoms with van der Waals surface area (Å²) >= 11 is 1.46. The van der Waals surface area contributed by atoms with E-state index in [4.69, 9.17) is 11.5 Å². The van der Waals surface area contributed by atoms with Crippen LogP contribution in [-0.2, 0) is 19.2 Å². The molecular formula is C24H38N6O5S. The number of Topliss-reactive ketones (excluding diaryl/α,β-unsaturated/α-hetero) is 1. The van der Waals surface area contributed by atoms with Crippen molar-refractivity contribution in [3.05, 3.63) is 10.6 Å². The molecule has 0 bridgehead atoms. The van der Waals surface area contributed by atoms with Crippen molar-refractivity contribution in [2.75, 3.05) is 33.2 Å². The predicted molar refractivity (Wildman–Crippen MR) is 136 cm³/mol. The van der Waals surface area contributed by atoms with Gasteiger partial charge in [0.05, 0.1) is 24.5 Å². The summed E-state index contributed by atoms with van der Waals surface area (Å²) in [4.78, 5) is 54.4. The monoisotopic (exact) mass is 522 g/mol. The molecule has 0 radical (unpaired) electrons. The summed E-state index contributed by atoms with van der Waals surface area (Å²) < 4.78 is 0. The molecule has 12 heteroatoms. The zero-order valence-electron chi connectivity index (χ0n) is 21.1. The third kappa shape index (κ3) is 4.81. The molecule has 4 heterocycles. The molecule has 3 fully saturated rings. The minimum absolute atomic E-state index is 0.000218. The fraction of sp³-hybridized carbons (Fsp3) is 0.750. The first-order valence-corrected chi connectivity index (χ1v) is 13.6. The van der Waals surface area contributed by atoms with Crippen molar-refractivity contribution in [1.82, 2.24) is 20.4 Å². The van der Waals surface area contributed by atoms with Gasteiger partial charge in [-0.05, 0) is 25.8 Å². The van der Waals surface area contributed by atoms with E-state index >= 15 is 0 Å². The number of hydrogen-bond donors (Lipinski definition) is 5. The van der Waals surface area contributed by atoms with Crippen molar-refractivity contribution in [2.45, 2.75) is 62.5 Å². The second kappa shape index (κ2) is 10.8. The van der Waals surface area contributed by atoms with E-state index in [2.05, 4.69) is 10.6 Å². The van der Waals surface area contributed by atoms with Crippen LogP contribution in [0.5, 0.6) is 0 Å². The molecule has 36 heavy (non-hydrogen) atoms. The van der Waals surface area contributed by atoms with Crippen LogP contribution in [0, 0.1) is 17.8 Å². The van der Waals surface area contributed by atoms with Gasteiger partial charge in [0.15, 0.2) is 0 Å². The largest absolute Gasteiger partial charge is 0.477 e. The van der Waals surface area contributed by atoms with E-state index < -0.39 is 5.97 Å². The summed E-state index contributed by atoms with van der Waals surface area (Å²) in [5, 5.41) is 16.1. The van der Waals surface area contributed by atoms with E-state index in [9.17, 15) is 24.3 Å². The third-order valence-corrected chi connectivity index (χ3v) is 9.52. The number of β-lactam (4-membered cyclic amide) rings is 1.